The summed E-state index contributed by atoms with van der Waals surface area (Å²) < 4.78 is 6.53. The van der Waals surface area contributed by atoms with Gasteiger partial charge in [0.25, 0.3) is 0 Å². The van der Waals surface area contributed by atoms with Crippen LogP contribution in [0.5, 0.6) is 5.75 Å². The van der Waals surface area contributed by atoms with Crippen LogP contribution < -0.4 is 9.64 Å². The number of hydrogen-bond donors (Lipinski definition) is 0. The number of hydrogen-bond acceptors (Lipinski definition) is 2. The molecule has 0 amide bonds. The summed E-state index contributed by atoms with van der Waals surface area (Å²) in [5.74, 6) is 2.01. The van der Waals surface area contributed by atoms with Gasteiger partial charge in [0, 0.05) is 5.70 Å². The van der Waals surface area contributed by atoms with Crippen LogP contribution in [0.15, 0.2) is 65.2 Å². The number of allylic oxidation sites excluding steroid dienone is 7. The van der Waals surface area contributed by atoms with Crippen LogP contribution >= 0.6 is 0 Å². The van der Waals surface area contributed by atoms with E-state index in [1.807, 2.05) is 27.7 Å². The van der Waals surface area contributed by atoms with Crippen molar-refractivity contribution in [3.8, 4) is 5.75 Å². The molecule has 3 aliphatic rings. The zero-order valence-corrected chi connectivity index (χ0v) is 22.2. The minimum atomic E-state index is 0.101. The van der Waals surface area contributed by atoms with Gasteiger partial charge in [-0.05, 0) is 66.4 Å². The zero-order valence-electron chi connectivity index (χ0n) is 22.2. The Bertz CT molecular complexity index is 913. The third kappa shape index (κ3) is 5.57. The molecule has 0 saturated heterocycles. The van der Waals surface area contributed by atoms with Crippen molar-refractivity contribution in [3.05, 3.63) is 70.8 Å². The van der Waals surface area contributed by atoms with Gasteiger partial charge in [-0.2, -0.15) is 0 Å². The molecular weight excluding hydrogens is 390 g/mol. The molecule has 2 aliphatic carbocycles. The monoisotopic (exact) mass is 435 g/mol. The molecule has 0 fully saturated rings. The third-order valence-electron chi connectivity index (χ3n) is 6.02. The number of anilines is 1. The number of ether oxygens (including phenoxy) is 1. The van der Waals surface area contributed by atoms with E-state index in [2.05, 4.69) is 88.9 Å². The second kappa shape index (κ2) is 10.6. The van der Waals surface area contributed by atoms with Gasteiger partial charge in [-0.25, -0.2) is 0 Å². The van der Waals surface area contributed by atoms with Crippen LogP contribution in [0.25, 0.3) is 0 Å². The maximum atomic E-state index is 6.53. The van der Waals surface area contributed by atoms with E-state index < -0.39 is 0 Å². The molecule has 0 N–H and O–H groups in total. The summed E-state index contributed by atoms with van der Waals surface area (Å²) in [5.41, 5.74) is 6.92. The maximum Gasteiger partial charge on any atom is 0.151 e. The lowest BCUT2D eigenvalue weighted by molar-refractivity contribution is 0.400. The van der Waals surface area contributed by atoms with Crippen molar-refractivity contribution < 1.29 is 4.74 Å². The second-order valence-electron chi connectivity index (χ2n) is 10.2. The van der Waals surface area contributed by atoms with Gasteiger partial charge in [0.1, 0.15) is 5.76 Å². The Balaban J connectivity index is 0.000000860. The van der Waals surface area contributed by atoms with Crippen LogP contribution in [0.4, 0.5) is 5.69 Å². The summed E-state index contributed by atoms with van der Waals surface area (Å²) >= 11 is 0. The smallest absolute Gasteiger partial charge is 0.151 e. The summed E-state index contributed by atoms with van der Waals surface area (Å²) in [5, 5.41) is 0. The number of rotatable bonds is 1. The van der Waals surface area contributed by atoms with E-state index >= 15 is 0 Å². The Morgan fingerprint density at radius 1 is 0.844 bits per heavy atom. The predicted molar refractivity (Wildman–Crippen MR) is 141 cm³/mol. The van der Waals surface area contributed by atoms with Crippen molar-refractivity contribution in [2.75, 3.05) is 4.90 Å². The Morgan fingerprint density at radius 3 is 2.09 bits per heavy atom. The van der Waals surface area contributed by atoms with E-state index in [-0.39, 0.29) is 10.8 Å². The molecule has 0 radical (unpaired) electrons. The van der Waals surface area contributed by atoms with E-state index in [0.29, 0.717) is 0 Å². The molecule has 1 aromatic carbocycles. The summed E-state index contributed by atoms with van der Waals surface area (Å²) in [4.78, 5) is 2.47. The van der Waals surface area contributed by atoms with Crippen LogP contribution in [-0.2, 0) is 5.41 Å². The van der Waals surface area contributed by atoms with Crippen LogP contribution in [-0.4, -0.2) is 0 Å². The minimum absolute atomic E-state index is 0.101. The van der Waals surface area contributed by atoms with Crippen LogP contribution in [0.1, 0.15) is 100 Å². The van der Waals surface area contributed by atoms with Gasteiger partial charge in [0.15, 0.2) is 5.75 Å². The number of fused-ring (bicyclic) bond motifs is 1. The van der Waals surface area contributed by atoms with Crippen LogP contribution in [0, 0.1) is 5.41 Å². The van der Waals surface area contributed by atoms with Gasteiger partial charge >= 0.3 is 0 Å². The van der Waals surface area contributed by atoms with E-state index in [1.54, 1.807) is 0 Å². The van der Waals surface area contributed by atoms with E-state index in [0.717, 1.165) is 37.2 Å². The lowest BCUT2D eigenvalue weighted by Crippen LogP contribution is -2.31. The second-order valence-corrected chi connectivity index (χ2v) is 10.2. The number of nitrogens with zero attached hydrogens (tertiary/aromatic N) is 1. The SMILES string of the molecule is CC.CC.CC(C)(C)C1=CC2=C(CC1)N(C1=CC=CCC1)c1ccc(C(C)(C)C)cc1O2. The molecule has 0 spiro atoms. The Hall–Kier alpha value is -2.22. The Morgan fingerprint density at radius 2 is 1.53 bits per heavy atom. The van der Waals surface area contributed by atoms with Crippen molar-refractivity contribution in [2.24, 2.45) is 5.41 Å². The average molecular weight is 436 g/mol. The Labute approximate surface area is 197 Å². The standard InChI is InChI=1S/C26H33NO.2C2H6/c1-25(2,3)18-12-14-21-23(16-18)28-24-17-19(26(4,5)6)13-15-22(24)27(21)20-10-8-7-9-11-20;2*1-2/h7-8,10,12,14,16-17H,9,11,13,15H2,1-6H3;2*1-2H3. The fourth-order valence-electron chi connectivity index (χ4n) is 4.21. The van der Waals surface area contributed by atoms with E-state index in [4.69, 9.17) is 4.74 Å². The molecule has 0 saturated carbocycles. The topological polar surface area (TPSA) is 12.5 Å². The molecular formula is C30H45NO. The molecule has 2 heteroatoms. The van der Waals surface area contributed by atoms with Crippen molar-refractivity contribution in [3.63, 3.8) is 0 Å². The normalized spacial score (nSPS) is 17.5. The highest BCUT2D eigenvalue weighted by molar-refractivity contribution is 5.71. The third-order valence-corrected chi connectivity index (χ3v) is 6.02. The van der Waals surface area contributed by atoms with Gasteiger partial charge in [0.2, 0.25) is 0 Å². The molecule has 176 valence electrons. The molecule has 0 unspecified atom stereocenters. The van der Waals surface area contributed by atoms with Gasteiger partial charge in [-0.1, -0.05) is 93.0 Å². The molecule has 0 bridgehead atoms. The Kier molecular flexibility index (Phi) is 8.62. The van der Waals surface area contributed by atoms with Crippen molar-refractivity contribution in [1.29, 1.82) is 0 Å². The fourth-order valence-corrected chi connectivity index (χ4v) is 4.21. The molecule has 0 atom stereocenters. The van der Waals surface area contributed by atoms with Crippen molar-refractivity contribution >= 4 is 5.69 Å². The summed E-state index contributed by atoms with van der Waals surface area (Å²) in [6.45, 7) is 21.7. The highest BCUT2D eigenvalue weighted by Crippen LogP contribution is 2.47. The van der Waals surface area contributed by atoms with E-state index in [9.17, 15) is 0 Å². The molecule has 32 heavy (non-hydrogen) atoms. The first kappa shape index (κ1) is 26.0. The molecule has 0 aromatic heterocycles. The highest BCUT2D eigenvalue weighted by atomic mass is 16.5. The maximum absolute atomic E-state index is 6.53. The van der Waals surface area contributed by atoms with Crippen molar-refractivity contribution in [1.82, 2.24) is 0 Å². The molecule has 1 aliphatic heterocycles. The summed E-state index contributed by atoms with van der Waals surface area (Å²) in [6, 6.07) is 6.76. The first-order valence-corrected chi connectivity index (χ1v) is 12.6. The van der Waals surface area contributed by atoms with Crippen LogP contribution in [0.3, 0.4) is 0 Å². The van der Waals surface area contributed by atoms with E-state index in [1.165, 1.54) is 28.2 Å². The lowest BCUT2D eigenvalue weighted by Gasteiger charge is -2.40. The van der Waals surface area contributed by atoms with Gasteiger partial charge < -0.3 is 9.64 Å². The first-order valence-electron chi connectivity index (χ1n) is 12.6. The molecule has 4 rings (SSSR count). The summed E-state index contributed by atoms with van der Waals surface area (Å²) in [6.07, 6.45) is 13.3. The first-order chi connectivity index (χ1) is 15.1. The molecule has 2 nitrogen and oxygen atoms in total. The fraction of sp³-hybridized carbons (Fsp3) is 0.533. The van der Waals surface area contributed by atoms with Gasteiger partial charge in [-0.15, -0.1) is 0 Å². The predicted octanol–water partition coefficient (Wildman–Crippen LogP) is 9.45. The van der Waals surface area contributed by atoms with Crippen molar-refractivity contribution in [2.45, 2.75) is 100 Å². The highest BCUT2D eigenvalue weighted by Gasteiger charge is 2.33. The largest absolute Gasteiger partial charge is 0.453 e. The quantitative estimate of drug-likeness (QED) is 0.435. The molecule has 1 heterocycles. The van der Waals surface area contributed by atoms with Crippen LogP contribution in [0.2, 0.25) is 0 Å². The summed E-state index contributed by atoms with van der Waals surface area (Å²) in [7, 11) is 0. The average Bonchev–Trinajstić information content (AvgIpc) is 2.78. The minimum Gasteiger partial charge on any atom is -0.453 e. The van der Waals surface area contributed by atoms with Gasteiger partial charge in [-0.3, -0.25) is 0 Å². The lowest BCUT2D eigenvalue weighted by atomic mass is 9.80. The number of benzene rings is 1. The zero-order chi connectivity index (χ0) is 24.1. The molecule has 1 aromatic rings. The van der Waals surface area contributed by atoms with Gasteiger partial charge in [0.05, 0.1) is 11.4 Å².